The second-order valence-electron chi connectivity index (χ2n) is 7.55. The van der Waals surface area contributed by atoms with Gasteiger partial charge < -0.3 is 0 Å². The van der Waals surface area contributed by atoms with Gasteiger partial charge in [0.1, 0.15) is 4.83 Å². The molecule has 1 aromatic carbocycles. The molecule has 0 atom stereocenters. The summed E-state index contributed by atoms with van der Waals surface area (Å²) in [5.41, 5.74) is 0.703. The summed E-state index contributed by atoms with van der Waals surface area (Å²) in [5.74, 6) is 0.776. The molecule has 3 aromatic rings. The van der Waals surface area contributed by atoms with E-state index in [1.807, 2.05) is 49.6 Å². The van der Waals surface area contributed by atoms with Crippen molar-refractivity contribution < 1.29 is 4.79 Å². The van der Waals surface area contributed by atoms with Gasteiger partial charge in [-0.15, -0.1) is 11.3 Å². The molecular weight excluding hydrogens is 404 g/mol. The molecule has 0 spiro atoms. The Hall–Kier alpha value is -2.45. The van der Waals surface area contributed by atoms with Gasteiger partial charge in [-0.1, -0.05) is 42.1 Å². The zero-order valence-electron chi connectivity index (χ0n) is 16.4. The van der Waals surface area contributed by atoms with E-state index in [1.165, 1.54) is 22.2 Å². The molecule has 0 radical (unpaired) electrons. The standard InChI is InChI=1S/C21H22N4O2S2/c1-21(2)13-29-20(22-12-15-6-4-3-5-7-15)25(21)17(26)8-10-24-14-23-18-16(19(24)27)9-11-28-18/h3-7,9,11,14H,8,10,12-13H2,1-2H3. The minimum Gasteiger partial charge on any atom is -0.298 e. The molecule has 2 aromatic heterocycles. The molecule has 29 heavy (non-hydrogen) atoms. The summed E-state index contributed by atoms with van der Waals surface area (Å²) < 4.78 is 1.52. The van der Waals surface area contributed by atoms with Gasteiger partial charge in [-0.2, -0.15) is 0 Å². The molecule has 3 heterocycles. The average molecular weight is 427 g/mol. The van der Waals surface area contributed by atoms with E-state index in [0.29, 0.717) is 18.5 Å². The number of hydrogen-bond acceptors (Lipinski definition) is 6. The number of thioether (sulfide) groups is 1. The molecule has 1 amide bonds. The van der Waals surface area contributed by atoms with Crippen LogP contribution in [0.4, 0.5) is 0 Å². The van der Waals surface area contributed by atoms with Crippen LogP contribution in [0.15, 0.2) is 57.9 Å². The van der Waals surface area contributed by atoms with Crippen LogP contribution < -0.4 is 5.56 Å². The van der Waals surface area contributed by atoms with Crippen LogP contribution in [0.2, 0.25) is 0 Å². The lowest BCUT2D eigenvalue weighted by Crippen LogP contribution is -2.46. The number of benzene rings is 1. The predicted octanol–water partition coefficient (Wildman–Crippen LogP) is 3.76. The van der Waals surface area contributed by atoms with Crippen molar-refractivity contribution >= 4 is 44.4 Å². The minimum absolute atomic E-state index is 0.0240. The Morgan fingerprint density at radius 2 is 2.03 bits per heavy atom. The molecule has 6 nitrogen and oxygen atoms in total. The van der Waals surface area contributed by atoms with E-state index in [4.69, 9.17) is 4.99 Å². The van der Waals surface area contributed by atoms with Gasteiger partial charge in [0.2, 0.25) is 5.91 Å². The van der Waals surface area contributed by atoms with Gasteiger partial charge in [0.15, 0.2) is 5.17 Å². The highest BCUT2D eigenvalue weighted by Crippen LogP contribution is 2.33. The zero-order chi connectivity index (χ0) is 20.4. The van der Waals surface area contributed by atoms with Crippen molar-refractivity contribution in [3.05, 3.63) is 64.0 Å². The van der Waals surface area contributed by atoms with E-state index in [0.717, 1.165) is 21.3 Å². The van der Waals surface area contributed by atoms with Crippen LogP contribution in [0.1, 0.15) is 25.8 Å². The van der Waals surface area contributed by atoms with E-state index in [2.05, 4.69) is 4.98 Å². The maximum Gasteiger partial charge on any atom is 0.262 e. The van der Waals surface area contributed by atoms with Gasteiger partial charge >= 0.3 is 0 Å². The Kier molecular flexibility index (Phi) is 5.56. The fraction of sp³-hybridized carbons (Fsp3) is 0.333. The molecule has 4 rings (SSSR count). The maximum atomic E-state index is 13.1. The average Bonchev–Trinajstić information content (AvgIpc) is 3.31. The van der Waals surface area contributed by atoms with Crippen molar-refractivity contribution in [1.82, 2.24) is 14.5 Å². The number of aryl methyl sites for hydroxylation is 1. The Labute approximate surface area is 177 Å². The molecule has 0 unspecified atom stereocenters. The van der Waals surface area contributed by atoms with Gasteiger partial charge in [0, 0.05) is 18.7 Å². The molecule has 8 heteroatoms. The minimum atomic E-state index is -0.308. The Balaban J connectivity index is 1.50. The topological polar surface area (TPSA) is 67.6 Å². The smallest absolute Gasteiger partial charge is 0.262 e. The van der Waals surface area contributed by atoms with Crippen LogP contribution in [0, 0.1) is 0 Å². The highest BCUT2D eigenvalue weighted by Gasteiger charge is 2.40. The summed E-state index contributed by atoms with van der Waals surface area (Å²) in [6, 6.07) is 11.8. The number of aromatic nitrogens is 2. The summed E-state index contributed by atoms with van der Waals surface area (Å²) in [5, 5.41) is 3.21. The lowest BCUT2D eigenvalue weighted by Gasteiger charge is -2.30. The summed E-state index contributed by atoms with van der Waals surface area (Å²) in [4.78, 5) is 37.2. The lowest BCUT2D eigenvalue weighted by molar-refractivity contribution is -0.130. The Bertz CT molecular complexity index is 1120. The molecule has 0 bridgehead atoms. The Morgan fingerprint density at radius 3 is 2.83 bits per heavy atom. The van der Waals surface area contributed by atoms with Crippen LogP contribution in [-0.2, 0) is 17.9 Å². The number of thiophene rings is 1. The molecule has 1 aliphatic heterocycles. The van der Waals surface area contributed by atoms with Crippen molar-refractivity contribution in [1.29, 1.82) is 0 Å². The number of carbonyl (C=O) groups is 1. The molecule has 0 aliphatic carbocycles. The maximum absolute atomic E-state index is 13.1. The quantitative estimate of drug-likeness (QED) is 0.623. The third kappa shape index (κ3) is 4.13. The van der Waals surface area contributed by atoms with Crippen molar-refractivity contribution in [2.24, 2.45) is 4.99 Å². The van der Waals surface area contributed by atoms with Crippen LogP contribution in [-0.4, -0.2) is 36.8 Å². The van der Waals surface area contributed by atoms with E-state index in [-0.39, 0.29) is 23.4 Å². The third-order valence-corrected chi connectivity index (χ3v) is 7.10. The van der Waals surface area contributed by atoms with Gasteiger partial charge in [-0.25, -0.2) is 4.98 Å². The summed E-state index contributed by atoms with van der Waals surface area (Å²) >= 11 is 3.05. The van der Waals surface area contributed by atoms with Crippen LogP contribution in [0.25, 0.3) is 10.2 Å². The number of nitrogens with zero attached hydrogens (tertiary/aromatic N) is 4. The first kappa shape index (κ1) is 19.8. The fourth-order valence-corrected chi connectivity index (χ4v) is 5.28. The predicted molar refractivity (Wildman–Crippen MR) is 119 cm³/mol. The molecule has 0 saturated carbocycles. The molecule has 1 fully saturated rings. The lowest BCUT2D eigenvalue weighted by atomic mass is 10.1. The van der Waals surface area contributed by atoms with Gasteiger partial charge in [-0.05, 0) is 30.9 Å². The number of fused-ring (bicyclic) bond motifs is 1. The highest BCUT2D eigenvalue weighted by molar-refractivity contribution is 8.14. The summed E-state index contributed by atoms with van der Waals surface area (Å²) in [6.07, 6.45) is 1.76. The second kappa shape index (κ2) is 8.12. The first-order valence-corrected chi connectivity index (χ1v) is 11.3. The zero-order valence-corrected chi connectivity index (χ0v) is 18.0. The molecular formula is C21H22N4O2S2. The summed E-state index contributed by atoms with van der Waals surface area (Å²) in [6.45, 7) is 4.95. The number of rotatable bonds is 5. The SMILES string of the molecule is CC1(C)CSC(=NCc2ccccc2)N1C(=O)CCn1cnc2sccc2c1=O. The second-order valence-corrected chi connectivity index (χ2v) is 9.38. The van der Waals surface area contributed by atoms with Gasteiger partial charge in [-0.3, -0.25) is 24.0 Å². The van der Waals surface area contributed by atoms with Crippen molar-refractivity contribution in [2.45, 2.75) is 38.9 Å². The van der Waals surface area contributed by atoms with E-state index < -0.39 is 0 Å². The van der Waals surface area contributed by atoms with Crippen molar-refractivity contribution in [2.75, 3.05) is 5.75 Å². The Morgan fingerprint density at radius 1 is 1.24 bits per heavy atom. The van der Waals surface area contributed by atoms with E-state index in [1.54, 1.807) is 22.7 Å². The number of hydrogen-bond donors (Lipinski definition) is 0. The molecule has 150 valence electrons. The monoisotopic (exact) mass is 426 g/mol. The van der Waals surface area contributed by atoms with Gasteiger partial charge in [0.05, 0.1) is 23.8 Å². The summed E-state index contributed by atoms with van der Waals surface area (Å²) in [7, 11) is 0. The highest BCUT2D eigenvalue weighted by atomic mass is 32.2. The van der Waals surface area contributed by atoms with Crippen LogP contribution in [0.5, 0.6) is 0 Å². The van der Waals surface area contributed by atoms with E-state index >= 15 is 0 Å². The first-order valence-electron chi connectivity index (χ1n) is 9.42. The normalized spacial score (nSPS) is 17.3. The first-order chi connectivity index (χ1) is 14.0. The van der Waals surface area contributed by atoms with Crippen LogP contribution in [0.3, 0.4) is 0 Å². The fourth-order valence-electron chi connectivity index (χ4n) is 3.31. The molecule has 1 aliphatic rings. The van der Waals surface area contributed by atoms with Crippen LogP contribution >= 0.6 is 23.1 Å². The number of carbonyl (C=O) groups excluding carboxylic acids is 1. The largest absolute Gasteiger partial charge is 0.298 e. The molecule has 0 N–H and O–H groups in total. The molecule has 1 saturated heterocycles. The number of amides is 1. The van der Waals surface area contributed by atoms with Gasteiger partial charge in [0.25, 0.3) is 5.56 Å². The number of amidine groups is 1. The van der Waals surface area contributed by atoms with Crippen molar-refractivity contribution in [3.8, 4) is 0 Å². The van der Waals surface area contributed by atoms with Crippen molar-refractivity contribution in [3.63, 3.8) is 0 Å². The number of aliphatic imine (C=N–C) groups is 1. The van der Waals surface area contributed by atoms with E-state index in [9.17, 15) is 9.59 Å². The third-order valence-electron chi connectivity index (χ3n) is 4.86.